The predicted octanol–water partition coefficient (Wildman–Crippen LogP) is 3.13. The number of nitrogen functional groups attached to an aromatic ring is 1. The first-order valence-corrected chi connectivity index (χ1v) is 8.28. The number of nitrogens with two attached hydrogens (primary N) is 1. The van der Waals surface area contributed by atoms with Crippen molar-refractivity contribution in [1.82, 2.24) is 4.98 Å². The summed E-state index contributed by atoms with van der Waals surface area (Å²) in [5.41, 5.74) is 7.78. The number of aromatic nitrogens is 1. The summed E-state index contributed by atoms with van der Waals surface area (Å²) in [7, 11) is -3.29. The zero-order valence-corrected chi connectivity index (χ0v) is 12.6. The van der Waals surface area contributed by atoms with Gasteiger partial charge in [-0.05, 0) is 30.3 Å². The van der Waals surface area contributed by atoms with Crippen LogP contribution >= 0.6 is 11.6 Å². The number of hydrogen-bond donors (Lipinski definition) is 1. The molecule has 0 bridgehead atoms. The first kappa shape index (κ1) is 13.9. The Morgan fingerprint density at radius 2 is 2.00 bits per heavy atom. The molecule has 0 spiro atoms. The minimum absolute atomic E-state index is 0.189. The lowest BCUT2D eigenvalue weighted by molar-refractivity contribution is 0.602. The van der Waals surface area contributed by atoms with Crippen molar-refractivity contribution in [3.63, 3.8) is 0 Å². The summed E-state index contributed by atoms with van der Waals surface area (Å²) in [6.45, 7) is 0. The van der Waals surface area contributed by atoms with Gasteiger partial charge >= 0.3 is 0 Å². The average Bonchev–Trinajstić information content (AvgIpc) is 2.83. The lowest BCUT2D eigenvalue weighted by Gasteiger charge is -2.02. The van der Waals surface area contributed by atoms with Gasteiger partial charge in [-0.2, -0.15) is 0 Å². The number of sulfone groups is 1. The largest absolute Gasteiger partial charge is 0.436 e. The minimum Gasteiger partial charge on any atom is -0.436 e. The van der Waals surface area contributed by atoms with Crippen molar-refractivity contribution < 1.29 is 12.8 Å². The molecular formula is C14H11ClN2O3S. The predicted molar refractivity (Wildman–Crippen MR) is 82.0 cm³/mol. The van der Waals surface area contributed by atoms with Gasteiger partial charge in [-0.3, -0.25) is 0 Å². The summed E-state index contributed by atoms with van der Waals surface area (Å²) in [6, 6.07) is 9.67. The van der Waals surface area contributed by atoms with Gasteiger partial charge in [0.05, 0.1) is 21.2 Å². The summed E-state index contributed by atoms with van der Waals surface area (Å²) < 4.78 is 28.7. The van der Waals surface area contributed by atoms with E-state index in [1.165, 1.54) is 12.1 Å². The summed E-state index contributed by atoms with van der Waals surface area (Å²) in [5, 5.41) is 0.409. The van der Waals surface area contributed by atoms with E-state index in [0.29, 0.717) is 33.3 Å². The maximum absolute atomic E-state index is 11.6. The Hall–Kier alpha value is -2.05. The second-order valence-electron chi connectivity index (χ2n) is 4.62. The van der Waals surface area contributed by atoms with E-state index < -0.39 is 9.84 Å². The molecule has 0 amide bonds. The smallest absolute Gasteiger partial charge is 0.229 e. The fourth-order valence-corrected chi connectivity index (χ4v) is 2.79. The number of hydrogen-bond acceptors (Lipinski definition) is 5. The van der Waals surface area contributed by atoms with Gasteiger partial charge in [0, 0.05) is 6.26 Å². The number of fused-ring (bicyclic) bond motifs is 1. The molecule has 21 heavy (non-hydrogen) atoms. The van der Waals surface area contributed by atoms with Crippen molar-refractivity contribution >= 4 is 38.2 Å². The van der Waals surface area contributed by atoms with Crippen LogP contribution in [0.15, 0.2) is 45.7 Å². The third-order valence-electron chi connectivity index (χ3n) is 3.07. The van der Waals surface area contributed by atoms with Crippen molar-refractivity contribution in [1.29, 1.82) is 0 Å². The number of para-hydroxylation sites is 1. The van der Waals surface area contributed by atoms with Crippen molar-refractivity contribution in [2.45, 2.75) is 4.90 Å². The molecule has 3 rings (SSSR count). The number of anilines is 1. The second-order valence-corrected chi connectivity index (χ2v) is 7.04. The van der Waals surface area contributed by atoms with Gasteiger partial charge in [0.25, 0.3) is 0 Å². The minimum atomic E-state index is -3.29. The molecule has 2 aromatic carbocycles. The number of benzene rings is 2. The van der Waals surface area contributed by atoms with Gasteiger partial charge in [0.1, 0.15) is 5.52 Å². The molecule has 108 valence electrons. The van der Waals surface area contributed by atoms with E-state index in [-0.39, 0.29) is 4.90 Å². The molecule has 1 heterocycles. The zero-order valence-electron chi connectivity index (χ0n) is 11.0. The van der Waals surface area contributed by atoms with Crippen LogP contribution < -0.4 is 5.73 Å². The van der Waals surface area contributed by atoms with Crippen LogP contribution in [-0.4, -0.2) is 19.7 Å². The monoisotopic (exact) mass is 322 g/mol. The maximum Gasteiger partial charge on any atom is 0.229 e. The van der Waals surface area contributed by atoms with Crippen LogP contribution in [0.5, 0.6) is 0 Å². The van der Waals surface area contributed by atoms with Crippen molar-refractivity contribution in [3.8, 4) is 11.5 Å². The van der Waals surface area contributed by atoms with E-state index in [9.17, 15) is 8.42 Å². The molecule has 0 saturated heterocycles. The highest BCUT2D eigenvalue weighted by atomic mass is 35.5. The van der Waals surface area contributed by atoms with E-state index in [4.69, 9.17) is 21.8 Å². The fraction of sp³-hybridized carbons (Fsp3) is 0.0714. The lowest BCUT2D eigenvalue weighted by atomic mass is 10.2. The first-order chi connectivity index (χ1) is 9.86. The van der Waals surface area contributed by atoms with Gasteiger partial charge in [-0.15, -0.1) is 0 Å². The van der Waals surface area contributed by atoms with Gasteiger partial charge in [-0.25, -0.2) is 13.4 Å². The van der Waals surface area contributed by atoms with Crippen molar-refractivity contribution in [3.05, 3.63) is 41.4 Å². The number of oxazole rings is 1. The summed E-state index contributed by atoms with van der Waals surface area (Å²) in [6.07, 6.45) is 1.14. The lowest BCUT2D eigenvalue weighted by Crippen LogP contribution is -1.96. The molecule has 1 aromatic heterocycles. The molecule has 2 N–H and O–H groups in total. The van der Waals surface area contributed by atoms with Crippen LogP contribution in [0.4, 0.5) is 5.69 Å². The fourth-order valence-electron chi connectivity index (χ4n) is 1.98. The molecular weight excluding hydrogens is 312 g/mol. The molecule has 0 radical (unpaired) electrons. The van der Waals surface area contributed by atoms with E-state index >= 15 is 0 Å². The van der Waals surface area contributed by atoms with Crippen molar-refractivity contribution in [2.75, 3.05) is 12.0 Å². The van der Waals surface area contributed by atoms with E-state index in [0.717, 1.165) is 6.26 Å². The maximum atomic E-state index is 11.6. The third-order valence-corrected chi connectivity index (χ3v) is 4.51. The Morgan fingerprint density at radius 1 is 1.24 bits per heavy atom. The summed E-state index contributed by atoms with van der Waals surface area (Å²) in [5.74, 6) is 0.302. The van der Waals surface area contributed by atoms with Gasteiger partial charge in [0.15, 0.2) is 15.4 Å². The Balaban J connectivity index is 2.20. The Labute approximate surface area is 126 Å². The van der Waals surface area contributed by atoms with Crippen LogP contribution in [-0.2, 0) is 9.84 Å². The molecule has 0 fully saturated rings. The second kappa shape index (κ2) is 4.75. The average molecular weight is 323 g/mol. The summed E-state index contributed by atoms with van der Waals surface area (Å²) >= 11 is 5.97. The Morgan fingerprint density at radius 3 is 2.71 bits per heavy atom. The highest BCUT2D eigenvalue weighted by Gasteiger charge is 2.15. The normalized spacial score (nSPS) is 11.9. The van der Waals surface area contributed by atoms with E-state index in [2.05, 4.69) is 4.98 Å². The number of halogens is 1. The van der Waals surface area contributed by atoms with E-state index in [1.54, 1.807) is 24.3 Å². The molecule has 0 atom stereocenters. The van der Waals surface area contributed by atoms with Crippen LogP contribution in [0.25, 0.3) is 22.6 Å². The zero-order chi connectivity index (χ0) is 15.2. The Bertz CT molecular complexity index is 948. The van der Waals surface area contributed by atoms with Gasteiger partial charge in [-0.1, -0.05) is 17.7 Å². The van der Waals surface area contributed by atoms with Crippen LogP contribution in [0.3, 0.4) is 0 Å². The molecule has 0 saturated carbocycles. The van der Waals surface area contributed by atoms with Gasteiger partial charge < -0.3 is 10.2 Å². The standard InChI is InChI=1S/C14H11ClN2O3S/c1-21(18,19)8-5-6-12-11(7-8)17-14(20-12)9-3-2-4-10(15)13(9)16/h2-7H,16H2,1H3. The van der Waals surface area contributed by atoms with Crippen LogP contribution in [0.2, 0.25) is 5.02 Å². The highest BCUT2D eigenvalue weighted by Crippen LogP contribution is 2.33. The quantitative estimate of drug-likeness (QED) is 0.732. The molecule has 5 nitrogen and oxygen atoms in total. The molecule has 0 unspecified atom stereocenters. The highest BCUT2D eigenvalue weighted by molar-refractivity contribution is 7.90. The van der Waals surface area contributed by atoms with Crippen molar-refractivity contribution in [2.24, 2.45) is 0 Å². The first-order valence-electron chi connectivity index (χ1n) is 6.01. The number of nitrogens with zero attached hydrogens (tertiary/aromatic N) is 1. The number of rotatable bonds is 2. The topological polar surface area (TPSA) is 86.2 Å². The molecule has 0 aliphatic heterocycles. The molecule has 0 aliphatic rings. The molecule has 7 heteroatoms. The van der Waals surface area contributed by atoms with Gasteiger partial charge in [0.2, 0.25) is 5.89 Å². The van der Waals surface area contributed by atoms with Crippen LogP contribution in [0.1, 0.15) is 0 Å². The van der Waals surface area contributed by atoms with Crippen LogP contribution in [0, 0.1) is 0 Å². The molecule has 0 aliphatic carbocycles. The SMILES string of the molecule is CS(=O)(=O)c1ccc2oc(-c3cccc(Cl)c3N)nc2c1. The summed E-state index contributed by atoms with van der Waals surface area (Å²) in [4.78, 5) is 4.48. The van der Waals surface area contributed by atoms with E-state index in [1.807, 2.05) is 0 Å². The third kappa shape index (κ3) is 2.48. The Kier molecular flexibility index (Phi) is 3.15. The molecule has 3 aromatic rings.